The van der Waals surface area contributed by atoms with Gasteiger partial charge in [-0.1, -0.05) is 23.2 Å². The van der Waals surface area contributed by atoms with Crippen molar-refractivity contribution in [3.8, 4) is 0 Å². The third-order valence-corrected chi connectivity index (χ3v) is 3.98. The van der Waals surface area contributed by atoms with E-state index >= 15 is 0 Å². The zero-order chi connectivity index (χ0) is 15.7. The van der Waals surface area contributed by atoms with Crippen LogP contribution in [0, 0.1) is 0 Å². The van der Waals surface area contributed by atoms with E-state index in [0.717, 1.165) is 0 Å². The van der Waals surface area contributed by atoms with Crippen LogP contribution >= 0.6 is 23.2 Å². The maximum absolute atomic E-state index is 11.9. The van der Waals surface area contributed by atoms with Gasteiger partial charge in [0.1, 0.15) is 5.56 Å². The lowest BCUT2D eigenvalue weighted by molar-refractivity contribution is 0.0698. The van der Waals surface area contributed by atoms with E-state index in [4.69, 9.17) is 28.3 Å². The van der Waals surface area contributed by atoms with Gasteiger partial charge >= 0.3 is 5.97 Å². The van der Waals surface area contributed by atoms with Crippen LogP contribution in [0.1, 0.15) is 31.1 Å². The van der Waals surface area contributed by atoms with Gasteiger partial charge in [-0.2, -0.15) is 13.1 Å². The minimum absolute atomic E-state index is 0.0638. The fraction of sp³-hybridized carbons (Fsp3) is 0.364. The van der Waals surface area contributed by atoms with Crippen LogP contribution in [0.15, 0.2) is 12.1 Å². The highest BCUT2D eigenvalue weighted by Gasteiger charge is 2.25. The summed E-state index contributed by atoms with van der Waals surface area (Å²) in [5.41, 5.74) is -1.41. The predicted octanol–water partition coefficient (Wildman–Crippen LogP) is 2.74. The molecule has 3 N–H and O–H groups in total. The molecule has 0 aliphatic heterocycles. The standard InChI is InChI=1S/C11H14Cl2N2O4S/c1-11(2,3)15-20(18,19)14-9-7(13)5-4-6(12)8(9)10(16)17/h4-5,14-15H,1-3H3,(H,16,17). The van der Waals surface area contributed by atoms with Crippen molar-refractivity contribution in [2.24, 2.45) is 0 Å². The molecule has 0 heterocycles. The number of halogens is 2. The summed E-state index contributed by atoms with van der Waals surface area (Å²) in [4.78, 5) is 11.2. The van der Waals surface area contributed by atoms with Crippen molar-refractivity contribution >= 4 is 45.1 Å². The minimum atomic E-state index is -3.99. The van der Waals surface area contributed by atoms with Crippen LogP contribution in [0.5, 0.6) is 0 Å². The zero-order valence-corrected chi connectivity index (χ0v) is 13.3. The van der Waals surface area contributed by atoms with E-state index in [1.54, 1.807) is 20.8 Å². The molecule has 9 heteroatoms. The number of benzene rings is 1. The number of carbonyl (C=O) groups is 1. The second-order valence-electron chi connectivity index (χ2n) is 5.04. The maximum Gasteiger partial charge on any atom is 0.339 e. The number of carboxylic acids is 1. The lowest BCUT2D eigenvalue weighted by Crippen LogP contribution is -2.43. The van der Waals surface area contributed by atoms with E-state index in [2.05, 4.69) is 9.44 Å². The molecular weight excluding hydrogens is 327 g/mol. The quantitative estimate of drug-likeness (QED) is 0.785. The SMILES string of the molecule is CC(C)(C)NS(=O)(=O)Nc1c(Cl)ccc(Cl)c1C(=O)O. The van der Waals surface area contributed by atoms with Crippen LogP contribution in [0.2, 0.25) is 10.0 Å². The van der Waals surface area contributed by atoms with Gasteiger partial charge in [-0.05, 0) is 32.9 Å². The molecule has 112 valence electrons. The van der Waals surface area contributed by atoms with E-state index in [0.29, 0.717) is 0 Å². The van der Waals surface area contributed by atoms with E-state index < -0.39 is 27.3 Å². The largest absolute Gasteiger partial charge is 0.478 e. The molecule has 1 rings (SSSR count). The first-order chi connectivity index (χ1) is 8.93. The highest BCUT2D eigenvalue weighted by molar-refractivity contribution is 7.90. The van der Waals surface area contributed by atoms with E-state index in [9.17, 15) is 13.2 Å². The summed E-state index contributed by atoms with van der Waals surface area (Å²) in [5, 5.41) is 8.92. The van der Waals surface area contributed by atoms with Crippen molar-refractivity contribution in [2.45, 2.75) is 26.3 Å². The summed E-state index contributed by atoms with van der Waals surface area (Å²) >= 11 is 11.6. The number of nitrogens with one attached hydrogen (secondary N) is 2. The van der Waals surface area contributed by atoms with Crippen LogP contribution in [0.3, 0.4) is 0 Å². The molecule has 1 aromatic carbocycles. The Morgan fingerprint density at radius 3 is 2.15 bits per heavy atom. The summed E-state index contributed by atoms with van der Waals surface area (Å²) in [5.74, 6) is -1.38. The zero-order valence-electron chi connectivity index (χ0n) is 11.0. The summed E-state index contributed by atoms with van der Waals surface area (Å²) in [7, 11) is -3.99. The van der Waals surface area contributed by atoms with Crippen LogP contribution in [-0.4, -0.2) is 25.0 Å². The normalized spacial score (nSPS) is 12.2. The monoisotopic (exact) mass is 340 g/mol. The molecule has 0 saturated heterocycles. The Morgan fingerprint density at radius 2 is 1.70 bits per heavy atom. The molecule has 6 nitrogen and oxygen atoms in total. The second kappa shape index (κ2) is 5.77. The fourth-order valence-corrected chi connectivity index (χ4v) is 3.26. The van der Waals surface area contributed by atoms with Crippen LogP contribution < -0.4 is 9.44 Å². The molecular formula is C11H14Cl2N2O4S. The lowest BCUT2D eigenvalue weighted by atomic mass is 10.1. The molecule has 0 saturated carbocycles. The molecule has 0 aliphatic rings. The van der Waals surface area contributed by atoms with Gasteiger partial charge in [-0.15, -0.1) is 0 Å². The summed E-state index contributed by atoms with van der Waals surface area (Å²) in [6.45, 7) is 4.93. The van der Waals surface area contributed by atoms with Crippen molar-refractivity contribution in [2.75, 3.05) is 4.72 Å². The number of anilines is 1. The average molecular weight is 341 g/mol. The van der Waals surface area contributed by atoms with Crippen molar-refractivity contribution in [1.82, 2.24) is 4.72 Å². The third-order valence-electron chi connectivity index (χ3n) is 1.99. The Bertz CT molecular complexity index is 639. The number of carboxylic acid groups (broad SMARTS) is 1. The topological polar surface area (TPSA) is 95.5 Å². The Morgan fingerprint density at radius 1 is 1.20 bits per heavy atom. The highest BCUT2D eigenvalue weighted by Crippen LogP contribution is 2.32. The van der Waals surface area contributed by atoms with Gasteiger partial charge in [0.25, 0.3) is 10.2 Å². The van der Waals surface area contributed by atoms with Gasteiger partial charge in [0.05, 0.1) is 15.7 Å². The molecule has 0 aliphatic carbocycles. The van der Waals surface area contributed by atoms with Crippen LogP contribution in [0.25, 0.3) is 0 Å². The van der Waals surface area contributed by atoms with E-state index in [1.807, 2.05) is 0 Å². The smallest absolute Gasteiger partial charge is 0.339 e. The fourth-order valence-electron chi connectivity index (χ4n) is 1.42. The van der Waals surface area contributed by atoms with Gasteiger partial charge in [-0.25, -0.2) is 4.79 Å². The summed E-state index contributed by atoms with van der Waals surface area (Å²) < 4.78 is 28.3. The second-order valence-corrected chi connectivity index (χ2v) is 7.27. The van der Waals surface area contributed by atoms with Gasteiger partial charge in [-0.3, -0.25) is 4.72 Å². The Labute approximate surface area is 127 Å². The Hall–Kier alpha value is -1.02. The van der Waals surface area contributed by atoms with E-state index in [1.165, 1.54) is 12.1 Å². The van der Waals surface area contributed by atoms with Crippen molar-refractivity contribution < 1.29 is 18.3 Å². The third kappa shape index (κ3) is 4.52. The maximum atomic E-state index is 11.9. The number of hydrogen-bond donors (Lipinski definition) is 3. The molecule has 0 fully saturated rings. The number of rotatable bonds is 4. The average Bonchev–Trinajstić information content (AvgIpc) is 2.18. The van der Waals surface area contributed by atoms with Crippen LogP contribution in [0.4, 0.5) is 5.69 Å². The summed E-state index contributed by atoms with van der Waals surface area (Å²) in [6.07, 6.45) is 0. The molecule has 0 bridgehead atoms. The molecule has 0 radical (unpaired) electrons. The van der Waals surface area contributed by atoms with Crippen LogP contribution in [-0.2, 0) is 10.2 Å². The highest BCUT2D eigenvalue weighted by atomic mass is 35.5. The molecule has 0 amide bonds. The molecule has 0 atom stereocenters. The van der Waals surface area contributed by atoms with Crippen molar-refractivity contribution in [1.29, 1.82) is 0 Å². The lowest BCUT2D eigenvalue weighted by Gasteiger charge is -2.22. The Kier molecular flexibility index (Phi) is 4.91. The minimum Gasteiger partial charge on any atom is -0.478 e. The predicted molar refractivity (Wildman–Crippen MR) is 78.9 cm³/mol. The van der Waals surface area contributed by atoms with Gasteiger partial charge in [0.15, 0.2) is 0 Å². The first-order valence-corrected chi connectivity index (χ1v) is 7.70. The van der Waals surface area contributed by atoms with E-state index in [-0.39, 0.29) is 15.7 Å². The van der Waals surface area contributed by atoms with Gasteiger partial charge < -0.3 is 5.11 Å². The number of aromatic carboxylic acids is 1. The molecule has 0 unspecified atom stereocenters. The molecule has 20 heavy (non-hydrogen) atoms. The van der Waals surface area contributed by atoms with Crippen molar-refractivity contribution in [3.63, 3.8) is 0 Å². The molecule has 1 aromatic rings. The molecule has 0 spiro atoms. The van der Waals surface area contributed by atoms with Crippen molar-refractivity contribution in [3.05, 3.63) is 27.7 Å². The first kappa shape index (κ1) is 17.0. The summed E-state index contributed by atoms with van der Waals surface area (Å²) in [6, 6.07) is 2.59. The molecule has 0 aromatic heterocycles. The van der Waals surface area contributed by atoms with Gasteiger partial charge in [0, 0.05) is 5.54 Å². The first-order valence-electron chi connectivity index (χ1n) is 5.46. The van der Waals surface area contributed by atoms with Gasteiger partial charge in [0.2, 0.25) is 0 Å². The Balaban J connectivity index is 3.29. The number of hydrogen-bond acceptors (Lipinski definition) is 3.